The topological polar surface area (TPSA) is 57.2 Å². The van der Waals surface area contributed by atoms with Crippen molar-refractivity contribution >= 4 is 0 Å². The molecular weight excluding hydrogens is 332 g/mol. The minimum Gasteiger partial charge on any atom is -0.504 e. The summed E-state index contributed by atoms with van der Waals surface area (Å²) in [5, 5.41) is 9.78. The van der Waals surface area contributed by atoms with Gasteiger partial charge in [0.25, 0.3) is 0 Å². The van der Waals surface area contributed by atoms with E-state index in [0.29, 0.717) is 17.6 Å². The molecule has 0 aromatic heterocycles. The molecular formula is C21H24O5. The highest BCUT2D eigenvalue weighted by molar-refractivity contribution is 5.45. The maximum atomic E-state index is 9.78. The van der Waals surface area contributed by atoms with Crippen molar-refractivity contribution < 1.29 is 24.1 Å². The fourth-order valence-corrected chi connectivity index (χ4v) is 3.84. The SMILES string of the molecule is COc1cc(CC2OC(c3ccc4c(c3)OCO4)C(C)C2C)ccc1O. The Kier molecular flexibility index (Phi) is 4.41. The van der Waals surface area contributed by atoms with Crippen molar-refractivity contribution in [2.45, 2.75) is 32.5 Å². The lowest BCUT2D eigenvalue weighted by molar-refractivity contribution is 0.0302. The van der Waals surface area contributed by atoms with Gasteiger partial charge in [-0.2, -0.15) is 0 Å². The second-order valence-electron chi connectivity index (χ2n) is 7.14. The van der Waals surface area contributed by atoms with Gasteiger partial charge in [-0.3, -0.25) is 0 Å². The van der Waals surface area contributed by atoms with Crippen molar-refractivity contribution in [1.82, 2.24) is 0 Å². The third-order valence-corrected chi connectivity index (χ3v) is 5.62. The second kappa shape index (κ2) is 6.72. The Labute approximate surface area is 153 Å². The van der Waals surface area contributed by atoms with Crippen LogP contribution in [0, 0.1) is 11.8 Å². The number of phenols is 1. The molecule has 0 spiro atoms. The molecule has 1 N–H and O–H groups in total. The molecule has 2 aromatic carbocycles. The van der Waals surface area contributed by atoms with Gasteiger partial charge < -0.3 is 24.1 Å². The van der Waals surface area contributed by atoms with Crippen molar-refractivity contribution in [1.29, 1.82) is 0 Å². The van der Waals surface area contributed by atoms with Crippen molar-refractivity contribution in [2.24, 2.45) is 11.8 Å². The Hall–Kier alpha value is -2.40. The Balaban J connectivity index is 1.53. The summed E-state index contributed by atoms with van der Waals surface area (Å²) in [5.74, 6) is 3.03. The monoisotopic (exact) mass is 356 g/mol. The number of ether oxygens (including phenoxy) is 4. The Bertz CT molecular complexity index is 803. The largest absolute Gasteiger partial charge is 0.504 e. The summed E-state index contributed by atoms with van der Waals surface area (Å²) in [6, 6.07) is 11.5. The van der Waals surface area contributed by atoms with E-state index in [1.54, 1.807) is 13.2 Å². The van der Waals surface area contributed by atoms with Crippen LogP contribution in [0.2, 0.25) is 0 Å². The number of hydrogen-bond acceptors (Lipinski definition) is 5. The minimum absolute atomic E-state index is 0.0310. The molecule has 5 heteroatoms. The first kappa shape index (κ1) is 17.0. The zero-order valence-electron chi connectivity index (χ0n) is 15.3. The standard InChI is InChI=1S/C21H24O5/c1-12-13(2)21(15-5-7-17-20(10-15)25-11-24-17)26-18(12)8-14-4-6-16(22)19(9-14)23-3/h4-7,9-10,12-13,18,21-22H,8,11H2,1-3H3. The molecule has 5 nitrogen and oxygen atoms in total. The average Bonchev–Trinajstić information content (AvgIpc) is 3.22. The van der Waals surface area contributed by atoms with Crippen LogP contribution in [0.1, 0.15) is 31.1 Å². The summed E-state index contributed by atoms with van der Waals surface area (Å²) in [6.07, 6.45) is 0.918. The Morgan fingerprint density at radius 3 is 2.65 bits per heavy atom. The Morgan fingerprint density at radius 1 is 1.04 bits per heavy atom. The Morgan fingerprint density at radius 2 is 1.85 bits per heavy atom. The molecule has 2 aromatic rings. The van der Waals surface area contributed by atoms with Crippen molar-refractivity contribution in [2.75, 3.05) is 13.9 Å². The average molecular weight is 356 g/mol. The third kappa shape index (κ3) is 2.97. The summed E-state index contributed by atoms with van der Waals surface area (Å²) in [6.45, 7) is 4.75. The fourth-order valence-electron chi connectivity index (χ4n) is 3.84. The summed E-state index contributed by atoms with van der Waals surface area (Å²) in [5.41, 5.74) is 2.22. The highest BCUT2D eigenvalue weighted by Gasteiger charge is 2.40. The van der Waals surface area contributed by atoms with Crippen LogP contribution in [-0.4, -0.2) is 25.1 Å². The number of phenolic OH excluding ortho intramolecular Hbond substituents is 1. The lowest BCUT2D eigenvalue weighted by atomic mass is 9.85. The summed E-state index contributed by atoms with van der Waals surface area (Å²) >= 11 is 0. The number of hydrogen-bond donors (Lipinski definition) is 1. The van der Waals surface area contributed by atoms with E-state index in [1.165, 1.54) is 0 Å². The third-order valence-electron chi connectivity index (χ3n) is 5.62. The molecule has 4 rings (SSSR count). The van der Waals surface area contributed by atoms with Crippen LogP contribution < -0.4 is 14.2 Å². The predicted octanol–water partition coefficient (Wildman–Crippen LogP) is 4.08. The molecule has 0 saturated carbocycles. The van der Waals surface area contributed by atoms with Crippen LogP contribution in [-0.2, 0) is 11.2 Å². The first-order valence-electron chi connectivity index (χ1n) is 8.97. The number of benzene rings is 2. The molecule has 0 amide bonds. The lowest BCUT2D eigenvalue weighted by Crippen LogP contribution is -2.18. The van der Waals surface area contributed by atoms with Crippen LogP contribution in [0.25, 0.3) is 0 Å². The summed E-state index contributed by atoms with van der Waals surface area (Å²) in [7, 11) is 1.56. The lowest BCUT2D eigenvalue weighted by Gasteiger charge is -2.17. The summed E-state index contributed by atoms with van der Waals surface area (Å²) < 4.78 is 22.6. The molecule has 0 bridgehead atoms. The van der Waals surface area contributed by atoms with Crippen LogP contribution in [0.4, 0.5) is 0 Å². The van der Waals surface area contributed by atoms with Gasteiger partial charge in [0.2, 0.25) is 6.79 Å². The molecule has 138 valence electrons. The molecule has 26 heavy (non-hydrogen) atoms. The van der Waals surface area contributed by atoms with Gasteiger partial charge in [0.1, 0.15) is 0 Å². The smallest absolute Gasteiger partial charge is 0.231 e. The van der Waals surface area contributed by atoms with Crippen LogP contribution in [0.3, 0.4) is 0 Å². The highest BCUT2D eigenvalue weighted by atomic mass is 16.7. The second-order valence-corrected chi connectivity index (χ2v) is 7.14. The van der Waals surface area contributed by atoms with Crippen molar-refractivity contribution in [3.63, 3.8) is 0 Å². The first-order chi connectivity index (χ1) is 12.6. The van der Waals surface area contributed by atoms with Crippen LogP contribution in [0.5, 0.6) is 23.0 Å². The van der Waals surface area contributed by atoms with Crippen molar-refractivity contribution in [3.8, 4) is 23.0 Å². The number of fused-ring (bicyclic) bond motifs is 1. The molecule has 4 unspecified atom stereocenters. The molecule has 0 aliphatic carbocycles. The van der Waals surface area contributed by atoms with E-state index < -0.39 is 0 Å². The molecule has 1 fully saturated rings. The van der Waals surface area contributed by atoms with Gasteiger partial charge in [-0.25, -0.2) is 0 Å². The minimum atomic E-state index is 0.0310. The number of aromatic hydroxyl groups is 1. The van der Waals surface area contributed by atoms with E-state index in [-0.39, 0.29) is 24.8 Å². The van der Waals surface area contributed by atoms with Gasteiger partial charge in [-0.1, -0.05) is 26.0 Å². The summed E-state index contributed by atoms with van der Waals surface area (Å²) in [4.78, 5) is 0. The molecule has 4 atom stereocenters. The van der Waals surface area contributed by atoms with Crippen LogP contribution >= 0.6 is 0 Å². The van der Waals surface area contributed by atoms with Gasteiger partial charge in [0, 0.05) is 0 Å². The molecule has 0 radical (unpaired) electrons. The van der Waals surface area contributed by atoms with Crippen molar-refractivity contribution in [3.05, 3.63) is 47.5 Å². The zero-order chi connectivity index (χ0) is 18.3. The van der Waals surface area contributed by atoms with Crippen LogP contribution in [0.15, 0.2) is 36.4 Å². The van der Waals surface area contributed by atoms with Gasteiger partial charge in [-0.15, -0.1) is 0 Å². The van der Waals surface area contributed by atoms with Gasteiger partial charge in [-0.05, 0) is 53.6 Å². The van der Waals surface area contributed by atoms with Gasteiger partial charge in [0.15, 0.2) is 23.0 Å². The molecule has 2 aliphatic heterocycles. The van der Waals surface area contributed by atoms with E-state index in [4.69, 9.17) is 18.9 Å². The normalized spacial score (nSPS) is 26.9. The molecule has 1 saturated heterocycles. The van der Waals surface area contributed by atoms with E-state index >= 15 is 0 Å². The van der Waals surface area contributed by atoms with E-state index in [1.807, 2.05) is 24.3 Å². The maximum Gasteiger partial charge on any atom is 0.231 e. The number of methoxy groups -OCH3 is 1. The molecule has 2 aliphatic rings. The fraction of sp³-hybridized carbons (Fsp3) is 0.429. The molecule has 2 heterocycles. The highest BCUT2D eigenvalue weighted by Crippen LogP contribution is 2.45. The zero-order valence-corrected chi connectivity index (χ0v) is 15.3. The van der Waals surface area contributed by atoms with E-state index in [2.05, 4.69) is 19.9 Å². The van der Waals surface area contributed by atoms with E-state index in [9.17, 15) is 5.11 Å². The number of rotatable bonds is 4. The first-order valence-corrected chi connectivity index (χ1v) is 8.97. The van der Waals surface area contributed by atoms with Gasteiger partial charge in [0.05, 0.1) is 19.3 Å². The predicted molar refractivity (Wildman–Crippen MR) is 96.9 cm³/mol. The maximum absolute atomic E-state index is 9.78. The van der Waals surface area contributed by atoms with E-state index in [0.717, 1.165) is 29.0 Å². The quantitative estimate of drug-likeness (QED) is 0.894. The van der Waals surface area contributed by atoms with Gasteiger partial charge >= 0.3 is 0 Å².